The quantitative estimate of drug-likeness (QED) is 0.631. The van der Waals surface area contributed by atoms with Gasteiger partial charge in [0.25, 0.3) is 0 Å². The number of hydrogen-bond acceptors (Lipinski definition) is 5. The van der Waals surface area contributed by atoms with Gasteiger partial charge >= 0.3 is 6.01 Å². The number of nitrogen functional groups attached to an aromatic ring is 1. The number of nitrogens with one attached hydrogen (secondary N) is 1. The van der Waals surface area contributed by atoms with Crippen LogP contribution in [0.25, 0.3) is 11.4 Å². The van der Waals surface area contributed by atoms with E-state index in [9.17, 15) is 0 Å². The SMILES string of the molecule is NNc1nc(-c2ccccc2Br)no1. The van der Waals surface area contributed by atoms with Crippen LogP contribution in [0.4, 0.5) is 6.01 Å². The van der Waals surface area contributed by atoms with Gasteiger partial charge in [0, 0.05) is 10.0 Å². The molecule has 1 aromatic carbocycles. The number of anilines is 1. The molecule has 0 unspecified atom stereocenters. The molecule has 0 atom stereocenters. The lowest BCUT2D eigenvalue weighted by Crippen LogP contribution is -2.06. The van der Waals surface area contributed by atoms with Gasteiger partial charge in [-0.3, -0.25) is 5.43 Å². The summed E-state index contributed by atoms with van der Waals surface area (Å²) in [5.41, 5.74) is 3.14. The molecule has 0 radical (unpaired) electrons. The highest BCUT2D eigenvalue weighted by Crippen LogP contribution is 2.25. The summed E-state index contributed by atoms with van der Waals surface area (Å²) in [6, 6.07) is 7.79. The van der Waals surface area contributed by atoms with Crippen molar-refractivity contribution in [2.45, 2.75) is 0 Å². The summed E-state index contributed by atoms with van der Waals surface area (Å²) in [4.78, 5) is 4.02. The second-order valence-corrected chi connectivity index (χ2v) is 3.40. The first-order valence-corrected chi connectivity index (χ1v) is 4.66. The molecule has 14 heavy (non-hydrogen) atoms. The Morgan fingerprint density at radius 3 is 2.79 bits per heavy atom. The molecular formula is C8H7BrN4O. The number of halogens is 1. The summed E-state index contributed by atoms with van der Waals surface area (Å²) in [7, 11) is 0. The second kappa shape index (κ2) is 3.77. The van der Waals surface area contributed by atoms with Gasteiger partial charge in [-0.05, 0) is 12.1 Å². The Labute approximate surface area is 88.4 Å². The van der Waals surface area contributed by atoms with Crippen LogP contribution in [0.15, 0.2) is 33.3 Å². The van der Waals surface area contributed by atoms with Crippen LogP contribution in [0, 0.1) is 0 Å². The van der Waals surface area contributed by atoms with Crippen molar-refractivity contribution in [1.82, 2.24) is 10.1 Å². The van der Waals surface area contributed by atoms with Crippen LogP contribution in [0.3, 0.4) is 0 Å². The lowest BCUT2D eigenvalue weighted by molar-refractivity contribution is 0.432. The van der Waals surface area contributed by atoms with Gasteiger partial charge in [0.2, 0.25) is 5.82 Å². The van der Waals surface area contributed by atoms with Crippen molar-refractivity contribution < 1.29 is 4.52 Å². The molecule has 2 aromatic rings. The monoisotopic (exact) mass is 254 g/mol. The Morgan fingerprint density at radius 1 is 1.36 bits per heavy atom. The summed E-state index contributed by atoms with van der Waals surface area (Å²) in [5, 5.41) is 3.76. The van der Waals surface area contributed by atoms with Gasteiger partial charge in [0.05, 0.1) is 0 Å². The molecule has 72 valence electrons. The molecule has 0 fully saturated rings. The number of benzene rings is 1. The highest BCUT2D eigenvalue weighted by Gasteiger charge is 2.09. The van der Waals surface area contributed by atoms with Gasteiger partial charge in [-0.2, -0.15) is 4.98 Å². The number of nitrogens with two attached hydrogens (primary N) is 1. The second-order valence-electron chi connectivity index (χ2n) is 2.55. The van der Waals surface area contributed by atoms with Crippen molar-refractivity contribution in [3.8, 4) is 11.4 Å². The Kier molecular flexibility index (Phi) is 2.47. The third-order valence-electron chi connectivity index (χ3n) is 1.66. The molecule has 0 aliphatic rings. The molecule has 1 heterocycles. The van der Waals surface area contributed by atoms with Crippen LogP contribution >= 0.6 is 15.9 Å². The molecule has 0 aliphatic carbocycles. The minimum atomic E-state index is 0.191. The van der Waals surface area contributed by atoms with E-state index < -0.39 is 0 Å². The zero-order chi connectivity index (χ0) is 9.97. The third kappa shape index (κ3) is 1.61. The van der Waals surface area contributed by atoms with Gasteiger partial charge in [-0.1, -0.05) is 33.2 Å². The van der Waals surface area contributed by atoms with Crippen molar-refractivity contribution in [3.63, 3.8) is 0 Å². The number of rotatable bonds is 2. The molecule has 6 heteroatoms. The molecule has 1 aromatic heterocycles. The molecule has 5 nitrogen and oxygen atoms in total. The van der Waals surface area contributed by atoms with Gasteiger partial charge in [-0.25, -0.2) is 5.84 Å². The van der Waals surface area contributed by atoms with Crippen LogP contribution in [-0.2, 0) is 0 Å². The summed E-state index contributed by atoms with van der Waals surface area (Å²) < 4.78 is 5.71. The molecule has 3 N–H and O–H groups in total. The number of hydrogen-bond donors (Lipinski definition) is 2. The first-order chi connectivity index (χ1) is 6.81. The summed E-state index contributed by atoms with van der Waals surface area (Å²) in [6.07, 6.45) is 0. The van der Waals surface area contributed by atoms with Crippen LogP contribution in [0.5, 0.6) is 0 Å². The van der Waals surface area contributed by atoms with Gasteiger partial charge in [0.1, 0.15) is 0 Å². The fourth-order valence-electron chi connectivity index (χ4n) is 1.03. The van der Waals surface area contributed by atoms with Crippen molar-refractivity contribution in [2.75, 3.05) is 5.43 Å². The van der Waals surface area contributed by atoms with Crippen molar-refractivity contribution in [2.24, 2.45) is 5.84 Å². The third-order valence-corrected chi connectivity index (χ3v) is 2.36. The topological polar surface area (TPSA) is 77.0 Å². The van der Waals surface area contributed by atoms with E-state index in [4.69, 9.17) is 10.4 Å². The van der Waals surface area contributed by atoms with Crippen molar-refractivity contribution in [1.29, 1.82) is 0 Å². The normalized spacial score (nSPS) is 10.1. The van der Waals surface area contributed by atoms with Crippen molar-refractivity contribution in [3.05, 3.63) is 28.7 Å². The number of nitrogens with zero attached hydrogens (tertiary/aromatic N) is 2. The zero-order valence-corrected chi connectivity index (χ0v) is 8.65. The molecule has 2 rings (SSSR count). The van der Waals surface area contributed by atoms with E-state index >= 15 is 0 Å². The van der Waals surface area contributed by atoms with Gasteiger partial charge in [-0.15, -0.1) is 0 Å². The molecule has 0 amide bonds. The standard InChI is InChI=1S/C8H7BrN4O/c9-6-4-2-1-3-5(6)7-11-8(12-10)14-13-7/h1-4H,10H2,(H,11,12,13). The summed E-state index contributed by atoms with van der Waals surface area (Å²) in [5.74, 6) is 5.61. The van der Waals surface area contributed by atoms with Crippen LogP contribution < -0.4 is 11.3 Å². The Hall–Kier alpha value is -1.40. The van der Waals surface area contributed by atoms with Gasteiger partial charge < -0.3 is 4.52 Å². The lowest BCUT2D eigenvalue weighted by Gasteiger charge is -1.96. The van der Waals surface area contributed by atoms with Crippen molar-refractivity contribution >= 4 is 21.9 Å². The average molecular weight is 255 g/mol. The Bertz CT molecular complexity index is 442. The Balaban J connectivity index is 2.44. The fourth-order valence-corrected chi connectivity index (χ4v) is 1.50. The minimum absolute atomic E-state index is 0.191. The highest BCUT2D eigenvalue weighted by atomic mass is 79.9. The minimum Gasteiger partial charge on any atom is -0.314 e. The first-order valence-electron chi connectivity index (χ1n) is 3.86. The maximum atomic E-state index is 5.12. The molecular weight excluding hydrogens is 248 g/mol. The number of aromatic nitrogens is 2. The van der Waals surface area contributed by atoms with E-state index in [0.29, 0.717) is 5.82 Å². The maximum Gasteiger partial charge on any atom is 0.335 e. The van der Waals surface area contributed by atoms with Gasteiger partial charge in [0.15, 0.2) is 0 Å². The fraction of sp³-hybridized carbons (Fsp3) is 0. The predicted molar refractivity (Wildman–Crippen MR) is 55.2 cm³/mol. The highest BCUT2D eigenvalue weighted by molar-refractivity contribution is 9.10. The summed E-state index contributed by atoms with van der Waals surface area (Å²) in [6.45, 7) is 0. The molecule has 0 saturated heterocycles. The molecule has 0 bridgehead atoms. The maximum absolute atomic E-state index is 5.12. The molecule has 0 saturated carbocycles. The van der Waals surface area contributed by atoms with E-state index in [-0.39, 0.29) is 6.01 Å². The van der Waals surface area contributed by atoms with E-state index in [1.54, 1.807) is 0 Å². The van der Waals surface area contributed by atoms with Crippen LogP contribution in [0.2, 0.25) is 0 Å². The number of hydrazine groups is 1. The molecule has 0 spiro atoms. The largest absolute Gasteiger partial charge is 0.335 e. The molecule has 0 aliphatic heterocycles. The summed E-state index contributed by atoms with van der Waals surface area (Å²) >= 11 is 3.39. The first kappa shape index (κ1) is 9.17. The van der Waals surface area contributed by atoms with E-state index in [1.807, 2.05) is 24.3 Å². The van der Waals surface area contributed by atoms with E-state index in [1.165, 1.54) is 0 Å². The zero-order valence-electron chi connectivity index (χ0n) is 7.07. The average Bonchev–Trinajstić information content (AvgIpc) is 2.67. The smallest absolute Gasteiger partial charge is 0.314 e. The lowest BCUT2D eigenvalue weighted by atomic mass is 10.2. The van der Waals surface area contributed by atoms with E-state index in [0.717, 1.165) is 10.0 Å². The van der Waals surface area contributed by atoms with E-state index in [2.05, 4.69) is 31.5 Å². The van der Waals surface area contributed by atoms with Crippen LogP contribution in [-0.4, -0.2) is 10.1 Å². The Morgan fingerprint density at radius 2 is 2.14 bits per heavy atom. The van der Waals surface area contributed by atoms with Crippen LogP contribution in [0.1, 0.15) is 0 Å². The predicted octanol–water partition coefficient (Wildman–Crippen LogP) is 1.78.